The van der Waals surface area contributed by atoms with Crippen LogP contribution in [0.2, 0.25) is 36.3 Å². The van der Waals surface area contributed by atoms with Crippen molar-refractivity contribution in [3.63, 3.8) is 0 Å². The summed E-state index contributed by atoms with van der Waals surface area (Å²) < 4.78 is 0. The van der Waals surface area contributed by atoms with Crippen molar-refractivity contribution < 1.29 is 0 Å². The van der Waals surface area contributed by atoms with Crippen LogP contribution in [0.4, 0.5) is 0 Å². The first-order chi connectivity index (χ1) is 10.1. The van der Waals surface area contributed by atoms with Crippen LogP contribution >= 0.6 is 0 Å². The van der Waals surface area contributed by atoms with E-state index in [1.807, 2.05) is 0 Å². The molecule has 0 aromatic heterocycles. The largest absolute Gasteiger partial charge is 0.0678 e. The Balaban J connectivity index is 3.49. The molecule has 1 aromatic rings. The van der Waals surface area contributed by atoms with Crippen LogP contribution in [-0.4, -0.2) is 16.1 Å². The van der Waals surface area contributed by atoms with Crippen LogP contribution in [0.25, 0.3) is 0 Å². The third kappa shape index (κ3) is 3.53. The van der Waals surface area contributed by atoms with Crippen molar-refractivity contribution in [2.24, 2.45) is 0 Å². The fourth-order valence-corrected chi connectivity index (χ4v) is 20.8. The second kappa shape index (κ2) is 8.33. The average molecular weight is 321 g/mol. The molecule has 120 valence electrons. The topological polar surface area (TPSA) is 0 Å². The molecule has 0 aliphatic heterocycles. The summed E-state index contributed by atoms with van der Waals surface area (Å²) in [5.74, 6) is 0. The molecule has 0 N–H and O–H groups in total. The van der Waals surface area contributed by atoms with Crippen LogP contribution < -0.4 is 0 Å². The van der Waals surface area contributed by atoms with Crippen molar-refractivity contribution in [3.8, 4) is 0 Å². The van der Waals surface area contributed by atoms with E-state index in [0.29, 0.717) is 0 Å². The zero-order chi connectivity index (χ0) is 15.9. The van der Waals surface area contributed by atoms with Crippen LogP contribution in [0, 0.1) is 0 Å². The van der Waals surface area contributed by atoms with Crippen LogP contribution in [0.1, 0.15) is 52.3 Å². The molecule has 0 aliphatic rings. The van der Waals surface area contributed by atoms with Crippen molar-refractivity contribution in [1.29, 1.82) is 0 Å². The summed E-state index contributed by atoms with van der Waals surface area (Å²) in [6.07, 6.45) is 0. The van der Waals surface area contributed by atoms with Gasteiger partial charge in [0.05, 0.1) is 16.1 Å². The zero-order valence-electron chi connectivity index (χ0n) is 15.2. The van der Waals surface area contributed by atoms with Gasteiger partial charge in [0.15, 0.2) is 0 Å². The van der Waals surface area contributed by atoms with Gasteiger partial charge >= 0.3 is 0 Å². The molecular weight excluding hydrogens is 284 g/mol. The molecule has 0 unspecified atom stereocenters. The third-order valence-corrected chi connectivity index (χ3v) is 21.8. The molecule has 0 saturated carbocycles. The fraction of sp³-hybridized carbons (Fsp3) is 0.684. The Kier molecular flexibility index (Phi) is 7.42. The Morgan fingerprint density at radius 3 is 1.24 bits per heavy atom. The van der Waals surface area contributed by atoms with Gasteiger partial charge in [-0.15, -0.1) is 0 Å². The Bertz CT molecular complexity index is 355. The second-order valence-corrected chi connectivity index (χ2v) is 18.1. The molecular formula is C19H36Si2. The van der Waals surface area contributed by atoms with Crippen LogP contribution in [-0.2, 0) is 0 Å². The smallest absolute Gasteiger partial charge is 0.0577 e. The minimum absolute atomic E-state index is 0.950. The highest BCUT2D eigenvalue weighted by Crippen LogP contribution is 2.46. The van der Waals surface area contributed by atoms with Crippen molar-refractivity contribution in [3.05, 3.63) is 35.9 Å². The predicted molar refractivity (Wildman–Crippen MR) is 104 cm³/mol. The molecule has 0 nitrogen and oxygen atoms in total. The van der Waals surface area contributed by atoms with Crippen molar-refractivity contribution >= 4 is 16.1 Å². The van der Waals surface area contributed by atoms with Gasteiger partial charge in [-0.2, -0.15) is 0 Å². The minimum atomic E-state index is -1.22. The van der Waals surface area contributed by atoms with E-state index < -0.39 is 16.1 Å². The van der Waals surface area contributed by atoms with E-state index in [9.17, 15) is 0 Å². The van der Waals surface area contributed by atoms with E-state index in [0.717, 1.165) is 5.16 Å². The number of hydrogen-bond donors (Lipinski definition) is 0. The summed E-state index contributed by atoms with van der Waals surface area (Å²) in [5.41, 5.74) is 1.69. The average Bonchev–Trinajstić information content (AvgIpc) is 2.57. The molecule has 0 spiro atoms. The molecule has 0 saturated heterocycles. The number of hydrogen-bond acceptors (Lipinski definition) is 0. The molecule has 21 heavy (non-hydrogen) atoms. The Morgan fingerprint density at radius 1 is 0.619 bits per heavy atom. The summed E-state index contributed by atoms with van der Waals surface area (Å²) in [6.45, 7) is 14.9. The standard InChI is InChI=1S/C19H36Si2/c1-7-20(8-2,9-3)19(18-16-14-13-15-17-18)21(10-4,11-5)12-6/h13-17,19H,7-12H2,1-6H3. The van der Waals surface area contributed by atoms with Gasteiger partial charge in [-0.3, -0.25) is 0 Å². The number of rotatable bonds is 9. The van der Waals surface area contributed by atoms with E-state index in [2.05, 4.69) is 71.9 Å². The second-order valence-electron chi connectivity index (χ2n) is 6.69. The maximum atomic E-state index is 2.48. The van der Waals surface area contributed by atoms with Gasteiger partial charge in [0.25, 0.3) is 0 Å². The van der Waals surface area contributed by atoms with Gasteiger partial charge in [0, 0.05) is 0 Å². The fourth-order valence-electron chi connectivity index (χ4n) is 4.73. The number of benzene rings is 1. The molecule has 0 bridgehead atoms. The van der Waals surface area contributed by atoms with E-state index >= 15 is 0 Å². The first kappa shape index (κ1) is 18.7. The molecule has 0 radical (unpaired) electrons. The maximum Gasteiger partial charge on any atom is 0.0577 e. The van der Waals surface area contributed by atoms with Gasteiger partial charge in [-0.05, 0) is 5.16 Å². The van der Waals surface area contributed by atoms with E-state index in [-0.39, 0.29) is 0 Å². The monoisotopic (exact) mass is 320 g/mol. The van der Waals surface area contributed by atoms with Gasteiger partial charge in [-0.1, -0.05) is 114 Å². The highest BCUT2D eigenvalue weighted by atomic mass is 28.4. The van der Waals surface area contributed by atoms with Crippen molar-refractivity contribution in [2.75, 3.05) is 0 Å². The maximum absolute atomic E-state index is 2.48. The lowest BCUT2D eigenvalue weighted by Gasteiger charge is -2.48. The summed E-state index contributed by atoms with van der Waals surface area (Å²) >= 11 is 0. The molecule has 1 rings (SSSR count). The van der Waals surface area contributed by atoms with Gasteiger partial charge in [0.1, 0.15) is 0 Å². The Labute approximate surface area is 135 Å². The van der Waals surface area contributed by atoms with Gasteiger partial charge in [-0.25, -0.2) is 0 Å². The molecule has 0 aliphatic carbocycles. The first-order valence-electron chi connectivity index (χ1n) is 9.14. The highest BCUT2D eigenvalue weighted by molar-refractivity contribution is 6.99. The van der Waals surface area contributed by atoms with Crippen LogP contribution in [0.3, 0.4) is 0 Å². The highest BCUT2D eigenvalue weighted by Gasteiger charge is 2.48. The zero-order valence-corrected chi connectivity index (χ0v) is 17.2. The molecule has 2 heteroatoms. The summed E-state index contributed by atoms with van der Waals surface area (Å²) in [6, 6.07) is 20.3. The van der Waals surface area contributed by atoms with Crippen molar-refractivity contribution in [2.45, 2.75) is 83.0 Å². The quantitative estimate of drug-likeness (QED) is 0.436. The van der Waals surface area contributed by atoms with E-state index in [1.165, 1.54) is 36.3 Å². The van der Waals surface area contributed by atoms with E-state index in [4.69, 9.17) is 0 Å². The third-order valence-electron chi connectivity index (χ3n) is 6.58. The molecule has 0 heterocycles. The van der Waals surface area contributed by atoms with Gasteiger partial charge < -0.3 is 0 Å². The normalized spacial score (nSPS) is 12.9. The van der Waals surface area contributed by atoms with Crippen LogP contribution in [0.15, 0.2) is 30.3 Å². The van der Waals surface area contributed by atoms with Crippen LogP contribution in [0.5, 0.6) is 0 Å². The summed E-state index contributed by atoms with van der Waals surface area (Å²) in [7, 11) is -2.45. The summed E-state index contributed by atoms with van der Waals surface area (Å²) in [5, 5.41) is 0.950. The lowest BCUT2D eigenvalue weighted by molar-refractivity contribution is 0.989. The minimum Gasteiger partial charge on any atom is -0.0678 e. The Morgan fingerprint density at radius 2 is 0.952 bits per heavy atom. The first-order valence-corrected chi connectivity index (χ1v) is 14.5. The van der Waals surface area contributed by atoms with Gasteiger partial charge in [0.2, 0.25) is 0 Å². The lowest BCUT2D eigenvalue weighted by atomic mass is 10.2. The molecule has 0 atom stereocenters. The molecule has 0 amide bonds. The predicted octanol–water partition coefficient (Wildman–Crippen LogP) is 6.87. The Hall–Kier alpha value is -0.346. The SMILES string of the molecule is CC[Si](CC)(CC)C(c1ccccc1)[Si](CC)(CC)CC. The summed E-state index contributed by atoms with van der Waals surface area (Å²) in [4.78, 5) is 0. The van der Waals surface area contributed by atoms with E-state index in [1.54, 1.807) is 5.56 Å². The lowest BCUT2D eigenvalue weighted by Crippen LogP contribution is -2.55. The molecule has 1 aromatic carbocycles. The van der Waals surface area contributed by atoms with Crippen molar-refractivity contribution in [1.82, 2.24) is 0 Å². The molecule has 0 fully saturated rings.